The molecule has 3 rings (SSSR count). The standard InChI is InChI=1S/C16H14N4O/c17-20-15-10-14(11-4-2-1-3-5-11)18-16(19-15)12-6-8-13(21)9-7-12/h1-10,21H,17H2,(H,18,19,20). The monoisotopic (exact) mass is 278 g/mol. The highest BCUT2D eigenvalue weighted by Gasteiger charge is 2.08. The molecule has 104 valence electrons. The van der Waals surface area contributed by atoms with Gasteiger partial charge in [0.05, 0.1) is 5.69 Å². The van der Waals surface area contributed by atoms with Gasteiger partial charge >= 0.3 is 0 Å². The summed E-state index contributed by atoms with van der Waals surface area (Å²) in [6, 6.07) is 18.3. The second-order valence-electron chi connectivity index (χ2n) is 4.52. The minimum absolute atomic E-state index is 0.204. The Morgan fingerprint density at radius 1 is 0.857 bits per heavy atom. The van der Waals surface area contributed by atoms with Crippen molar-refractivity contribution in [1.82, 2.24) is 9.97 Å². The molecular weight excluding hydrogens is 264 g/mol. The molecule has 0 atom stereocenters. The average Bonchev–Trinajstić information content (AvgIpc) is 2.56. The fourth-order valence-corrected chi connectivity index (χ4v) is 2.02. The van der Waals surface area contributed by atoms with Crippen molar-refractivity contribution in [2.24, 2.45) is 5.84 Å². The third-order valence-electron chi connectivity index (χ3n) is 3.07. The molecule has 2 aromatic carbocycles. The van der Waals surface area contributed by atoms with Crippen LogP contribution in [0.25, 0.3) is 22.6 Å². The van der Waals surface area contributed by atoms with Crippen molar-refractivity contribution in [2.75, 3.05) is 5.43 Å². The van der Waals surface area contributed by atoms with E-state index in [1.165, 1.54) is 0 Å². The Bertz CT molecular complexity index is 742. The zero-order valence-corrected chi connectivity index (χ0v) is 11.2. The van der Waals surface area contributed by atoms with Crippen LogP contribution >= 0.6 is 0 Å². The number of hydrogen-bond acceptors (Lipinski definition) is 5. The largest absolute Gasteiger partial charge is 0.508 e. The van der Waals surface area contributed by atoms with Crippen molar-refractivity contribution in [2.45, 2.75) is 0 Å². The Labute approximate surface area is 122 Å². The predicted molar refractivity (Wildman–Crippen MR) is 82.4 cm³/mol. The molecule has 0 aliphatic rings. The summed E-state index contributed by atoms with van der Waals surface area (Å²) in [7, 11) is 0. The normalized spacial score (nSPS) is 10.3. The maximum absolute atomic E-state index is 9.36. The zero-order chi connectivity index (χ0) is 14.7. The number of aromatic hydroxyl groups is 1. The number of benzene rings is 2. The van der Waals surface area contributed by atoms with Gasteiger partial charge in [-0.1, -0.05) is 30.3 Å². The first-order valence-corrected chi connectivity index (χ1v) is 6.47. The van der Waals surface area contributed by atoms with Crippen molar-refractivity contribution in [3.8, 4) is 28.4 Å². The van der Waals surface area contributed by atoms with E-state index in [4.69, 9.17) is 5.84 Å². The number of aromatic nitrogens is 2. The summed E-state index contributed by atoms with van der Waals surface area (Å²) in [6.45, 7) is 0. The number of rotatable bonds is 3. The average molecular weight is 278 g/mol. The van der Waals surface area contributed by atoms with Gasteiger partial charge in [0.1, 0.15) is 11.6 Å². The Kier molecular flexibility index (Phi) is 3.49. The maximum atomic E-state index is 9.36. The van der Waals surface area contributed by atoms with Gasteiger partial charge in [-0.3, -0.25) is 0 Å². The summed E-state index contributed by atoms with van der Waals surface area (Å²) in [5.74, 6) is 6.77. The second kappa shape index (κ2) is 5.60. The van der Waals surface area contributed by atoms with E-state index in [1.54, 1.807) is 30.3 Å². The molecule has 0 fully saturated rings. The SMILES string of the molecule is NNc1cc(-c2ccccc2)nc(-c2ccc(O)cc2)n1. The van der Waals surface area contributed by atoms with E-state index >= 15 is 0 Å². The van der Waals surface area contributed by atoms with Crippen LogP contribution in [-0.4, -0.2) is 15.1 Å². The molecular formula is C16H14N4O. The van der Waals surface area contributed by atoms with E-state index in [9.17, 15) is 5.11 Å². The Morgan fingerprint density at radius 2 is 1.57 bits per heavy atom. The fraction of sp³-hybridized carbons (Fsp3) is 0. The lowest BCUT2D eigenvalue weighted by atomic mass is 10.1. The topological polar surface area (TPSA) is 84.1 Å². The number of phenolic OH excluding ortho intramolecular Hbond substituents is 1. The van der Waals surface area contributed by atoms with E-state index in [0.29, 0.717) is 11.6 Å². The van der Waals surface area contributed by atoms with Crippen LogP contribution in [0.4, 0.5) is 5.82 Å². The third-order valence-corrected chi connectivity index (χ3v) is 3.07. The Morgan fingerprint density at radius 3 is 2.24 bits per heavy atom. The number of hydrazine groups is 1. The summed E-state index contributed by atoms with van der Waals surface area (Å²) in [4.78, 5) is 8.91. The molecule has 21 heavy (non-hydrogen) atoms. The highest BCUT2D eigenvalue weighted by molar-refractivity contribution is 5.67. The number of nitrogen functional groups attached to an aromatic ring is 1. The summed E-state index contributed by atoms with van der Waals surface area (Å²) in [5, 5.41) is 9.36. The van der Waals surface area contributed by atoms with Crippen molar-refractivity contribution >= 4 is 5.82 Å². The van der Waals surface area contributed by atoms with Crippen LogP contribution in [0.15, 0.2) is 60.7 Å². The Hall–Kier alpha value is -2.92. The molecule has 0 aliphatic heterocycles. The van der Waals surface area contributed by atoms with Crippen molar-refractivity contribution < 1.29 is 5.11 Å². The minimum atomic E-state index is 0.204. The smallest absolute Gasteiger partial charge is 0.162 e. The van der Waals surface area contributed by atoms with Crippen molar-refractivity contribution in [3.63, 3.8) is 0 Å². The highest BCUT2D eigenvalue weighted by Crippen LogP contribution is 2.24. The van der Waals surface area contributed by atoms with Crippen LogP contribution in [0.5, 0.6) is 5.75 Å². The Balaban J connectivity index is 2.11. The molecule has 1 heterocycles. The lowest BCUT2D eigenvalue weighted by Gasteiger charge is -2.08. The van der Waals surface area contributed by atoms with Gasteiger partial charge in [-0.25, -0.2) is 15.8 Å². The van der Waals surface area contributed by atoms with Gasteiger partial charge in [-0.2, -0.15) is 0 Å². The van der Waals surface area contributed by atoms with E-state index in [1.807, 2.05) is 30.3 Å². The minimum Gasteiger partial charge on any atom is -0.508 e. The number of nitrogens with zero attached hydrogens (tertiary/aromatic N) is 2. The molecule has 3 aromatic rings. The first kappa shape index (κ1) is 13.1. The quantitative estimate of drug-likeness (QED) is 0.507. The van der Waals surface area contributed by atoms with Crippen LogP contribution in [0, 0.1) is 0 Å². The van der Waals surface area contributed by atoms with E-state index in [0.717, 1.165) is 16.8 Å². The van der Waals surface area contributed by atoms with Gasteiger partial charge in [-0.05, 0) is 24.3 Å². The van der Waals surface area contributed by atoms with Crippen LogP contribution < -0.4 is 11.3 Å². The van der Waals surface area contributed by atoms with Gasteiger partial charge in [-0.15, -0.1) is 0 Å². The molecule has 0 saturated carbocycles. The summed E-state index contributed by atoms with van der Waals surface area (Å²) >= 11 is 0. The van der Waals surface area contributed by atoms with Crippen LogP contribution in [0.3, 0.4) is 0 Å². The molecule has 0 bridgehead atoms. The van der Waals surface area contributed by atoms with Crippen molar-refractivity contribution in [3.05, 3.63) is 60.7 Å². The maximum Gasteiger partial charge on any atom is 0.162 e. The molecule has 0 amide bonds. The van der Waals surface area contributed by atoms with Gasteiger partial charge in [0.2, 0.25) is 0 Å². The third kappa shape index (κ3) is 2.82. The van der Waals surface area contributed by atoms with Gasteiger partial charge in [0.25, 0.3) is 0 Å². The molecule has 0 radical (unpaired) electrons. The van der Waals surface area contributed by atoms with Crippen LogP contribution in [0.1, 0.15) is 0 Å². The number of hydrogen-bond donors (Lipinski definition) is 3. The van der Waals surface area contributed by atoms with Gasteiger partial charge in [0.15, 0.2) is 5.82 Å². The van der Waals surface area contributed by atoms with Crippen LogP contribution in [0.2, 0.25) is 0 Å². The van der Waals surface area contributed by atoms with E-state index in [-0.39, 0.29) is 5.75 Å². The molecule has 0 aliphatic carbocycles. The molecule has 5 heteroatoms. The molecule has 4 N–H and O–H groups in total. The molecule has 0 saturated heterocycles. The predicted octanol–water partition coefficient (Wildman–Crippen LogP) is 2.80. The van der Waals surface area contributed by atoms with E-state index in [2.05, 4.69) is 15.4 Å². The summed E-state index contributed by atoms with van der Waals surface area (Å²) in [5.41, 5.74) is 5.13. The van der Waals surface area contributed by atoms with Crippen LogP contribution in [-0.2, 0) is 0 Å². The summed E-state index contributed by atoms with van der Waals surface area (Å²) in [6.07, 6.45) is 0. The number of nitrogens with two attached hydrogens (primary N) is 1. The lowest BCUT2D eigenvalue weighted by Crippen LogP contribution is -2.09. The molecule has 0 unspecified atom stereocenters. The summed E-state index contributed by atoms with van der Waals surface area (Å²) < 4.78 is 0. The van der Waals surface area contributed by atoms with Gasteiger partial charge < -0.3 is 10.5 Å². The fourth-order valence-electron chi connectivity index (χ4n) is 2.02. The van der Waals surface area contributed by atoms with Crippen molar-refractivity contribution in [1.29, 1.82) is 0 Å². The number of nitrogens with one attached hydrogen (secondary N) is 1. The zero-order valence-electron chi connectivity index (χ0n) is 11.2. The molecule has 0 spiro atoms. The first-order chi connectivity index (χ1) is 10.3. The molecule has 5 nitrogen and oxygen atoms in total. The lowest BCUT2D eigenvalue weighted by molar-refractivity contribution is 0.475. The number of anilines is 1. The highest BCUT2D eigenvalue weighted by atomic mass is 16.3. The molecule has 1 aromatic heterocycles. The number of phenols is 1. The van der Waals surface area contributed by atoms with E-state index < -0.39 is 0 Å². The first-order valence-electron chi connectivity index (χ1n) is 6.47. The van der Waals surface area contributed by atoms with Gasteiger partial charge in [0, 0.05) is 17.2 Å². The second-order valence-corrected chi connectivity index (χ2v) is 4.52.